The molecule has 0 saturated carbocycles. The Labute approximate surface area is 126 Å². The topological polar surface area (TPSA) is 101 Å². The van der Waals surface area contributed by atoms with E-state index in [-0.39, 0.29) is 10.8 Å². The van der Waals surface area contributed by atoms with E-state index in [1.54, 1.807) is 19.1 Å². The van der Waals surface area contributed by atoms with Gasteiger partial charge in [-0.05, 0) is 38.1 Å². The number of amides is 1. The minimum Gasteiger partial charge on any atom is -0.325 e. The Hall–Kier alpha value is -1.44. The van der Waals surface area contributed by atoms with E-state index in [0.29, 0.717) is 17.7 Å². The smallest absolute Gasteiger partial charge is 0.241 e. The first kappa shape index (κ1) is 17.6. The van der Waals surface area contributed by atoms with E-state index in [2.05, 4.69) is 10.0 Å². The summed E-state index contributed by atoms with van der Waals surface area (Å²) in [4.78, 5) is 12.1. The molecule has 1 aromatic carbocycles. The average Bonchev–Trinajstić information content (AvgIpc) is 2.46. The average molecular weight is 313 g/mol. The molecule has 0 spiro atoms. The molecule has 1 aromatic rings. The fourth-order valence-electron chi connectivity index (χ4n) is 1.87. The molecule has 0 aromatic heterocycles. The Morgan fingerprint density at radius 2 is 2.05 bits per heavy atom. The Balaban J connectivity index is 2.91. The van der Waals surface area contributed by atoms with Crippen LogP contribution in [-0.2, 0) is 14.8 Å². The second-order valence-electron chi connectivity index (χ2n) is 4.93. The van der Waals surface area contributed by atoms with Crippen molar-refractivity contribution in [2.75, 3.05) is 12.4 Å². The molecular weight excluding hydrogens is 290 g/mol. The molecule has 0 saturated heterocycles. The van der Waals surface area contributed by atoms with E-state index >= 15 is 0 Å². The molecule has 0 bridgehead atoms. The second-order valence-corrected chi connectivity index (χ2v) is 6.78. The van der Waals surface area contributed by atoms with Gasteiger partial charge < -0.3 is 11.1 Å². The third-order valence-corrected chi connectivity index (χ3v) is 4.78. The van der Waals surface area contributed by atoms with Crippen molar-refractivity contribution < 1.29 is 13.2 Å². The molecule has 7 heteroatoms. The number of benzene rings is 1. The van der Waals surface area contributed by atoms with Gasteiger partial charge in [0.1, 0.15) is 0 Å². The van der Waals surface area contributed by atoms with Gasteiger partial charge in [0.2, 0.25) is 15.9 Å². The first-order valence-electron chi connectivity index (χ1n) is 6.92. The van der Waals surface area contributed by atoms with Crippen molar-refractivity contribution in [1.29, 1.82) is 0 Å². The van der Waals surface area contributed by atoms with Crippen LogP contribution in [0.2, 0.25) is 0 Å². The standard InChI is InChI=1S/C14H23N3O3S/c1-4-5-6-12(15)14(18)17-11-8-7-10(2)13(9-11)21(19,20)16-3/h7-9,12,16H,4-6,15H2,1-3H3,(H,17,18). The van der Waals surface area contributed by atoms with Gasteiger partial charge in [0.15, 0.2) is 0 Å². The highest BCUT2D eigenvalue weighted by Crippen LogP contribution is 2.20. The van der Waals surface area contributed by atoms with Gasteiger partial charge in [-0.15, -0.1) is 0 Å². The Morgan fingerprint density at radius 1 is 1.38 bits per heavy atom. The number of nitrogens with two attached hydrogens (primary N) is 1. The molecule has 0 aliphatic carbocycles. The van der Waals surface area contributed by atoms with Crippen LogP contribution in [0.5, 0.6) is 0 Å². The lowest BCUT2D eigenvalue weighted by molar-refractivity contribution is -0.117. The number of nitrogens with one attached hydrogen (secondary N) is 2. The highest BCUT2D eigenvalue weighted by Gasteiger charge is 2.17. The number of carbonyl (C=O) groups is 1. The van der Waals surface area contributed by atoms with Gasteiger partial charge in [0.05, 0.1) is 10.9 Å². The first-order valence-corrected chi connectivity index (χ1v) is 8.40. The zero-order valence-corrected chi connectivity index (χ0v) is 13.5. The Bertz CT molecular complexity index is 599. The fraction of sp³-hybridized carbons (Fsp3) is 0.500. The fourth-order valence-corrected chi connectivity index (χ4v) is 2.86. The number of carbonyl (C=O) groups excluding carboxylic acids is 1. The summed E-state index contributed by atoms with van der Waals surface area (Å²) in [6, 6.07) is 4.16. The van der Waals surface area contributed by atoms with Crippen LogP contribution in [0.25, 0.3) is 0 Å². The zero-order valence-electron chi connectivity index (χ0n) is 12.6. The SMILES string of the molecule is CCCCC(N)C(=O)Nc1ccc(C)c(S(=O)(=O)NC)c1. The normalized spacial score (nSPS) is 13.0. The molecule has 0 fully saturated rings. The van der Waals surface area contributed by atoms with Crippen LogP contribution in [0.3, 0.4) is 0 Å². The largest absolute Gasteiger partial charge is 0.325 e. The summed E-state index contributed by atoms with van der Waals surface area (Å²) < 4.78 is 26.0. The van der Waals surface area contributed by atoms with Crippen LogP contribution in [0, 0.1) is 6.92 Å². The van der Waals surface area contributed by atoms with Crippen molar-refractivity contribution in [1.82, 2.24) is 4.72 Å². The van der Waals surface area contributed by atoms with Crippen molar-refractivity contribution in [3.05, 3.63) is 23.8 Å². The monoisotopic (exact) mass is 313 g/mol. The molecule has 1 atom stereocenters. The van der Waals surface area contributed by atoms with Gasteiger partial charge >= 0.3 is 0 Å². The molecule has 0 aliphatic rings. The van der Waals surface area contributed by atoms with Crippen molar-refractivity contribution in [2.24, 2.45) is 5.73 Å². The molecule has 1 amide bonds. The van der Waals surface area contributed by atoms with E-state index < -0.39 is 16.1 Å². The van der Waals surface area contributed by atoms with Crippen LogP contribution in [0.15, 0.2) is 23.1 Å². The third-order valence-electron chi connectivity index (χ3n) is 3.22. The first-order chi connectivity index (χ1) is 9.81. The quantitative estimate of drug-likeness (QED) is 0.707. The van der Waals surface area contributed by atoms with Gasteiger partial charge in [-0.3, -0.25) is 4.79 Å². The zero-order chi connectivity index (χ0) is 16.0. The molecule has 21 heavy (non-hydrogen) atoms. The Morgan fingerprint density at radius 3 is 2.62 bits per heavy atom. The van der Waals surface area contributed by atoms with Gasteiger partial charge in [-0.2, -0.15) is 0 Å². The molecular formula is C14H23N3O3S. The van der Waals surface area contributed by atoms with Crippen LogP contribution in [0.4, 0.5) is 5.69 Å². The summed E-state index contributed by atoms with van der Waals surface area (Å²) in [5.41, 5.74) is 6.82. The second kappa shape index (κ2) is 7.53. The van der Waals surface area contributed by atoms with Gasteiger partial charge in [-0.1, -0.05) is 25.8 Å². The number of rotatable bonds is 7. The van der Waals surface area contributed by atoms with E-state index in [1.807, 2.05) is 6.92 Å². The van der Waals surface area contributed by atoms with Gasteiger partial charge in [0.25, 0.3) is 0 Å². The number of aryl methyl sites for hydroxylation is 1. The molecule has 0 heterocycles. The van der Waals surface area contributed by atoms with Crippen LogP contribution < -0.4 is 15.8 Å². The molecule has 1 unspecified atom stereocenters. The number of hydrogen-bond donors (Lipinski definition) is 3. The molecule has 4 N–H and O–H groups in total. The molecule has 0 radical (unpaired) electrons. The summed E-state index contributed by atoms with van der Waals surface area (Å²) in [6.45, 7) is 3.72. The van der Waals surface area contributed by atoms with Gasteiger partial charge in [-0.25, -0.2) is 13.1 Å². The maximum Gasteiger partial charge on any atom is 0.241 e. The molecule has 6 nitrogen and oxygen atoms in total. The minimum atomic E-state index is -3.55. The van der Waals surface area contributed by atoms with Crippen molar-refractivity contribution in [3.8, 4) is 0 Å². The van der Waals surface area contributed by atoms with E-state index in [0.717, 1.165) is 12.8 Å². The third kappa shape index (κ3) is 4.80. The highest BCUT2D eigenvalue weighted by molar-refractivity contribution is 7.89. The maximum atomic E-state index is 11.9. The minimum absolute atomic E-state index is 0.143. The number of anilines is 1. The summed E-state index contributed by atoms with van der Waals surface area (Å²) in [6.07, 6.45) is 2.45. The van der Waals surface area contributed by atoms with Crippen molar-refractivity contribution in [2.45, 2.75) is 44.0 Å². The summed E-state index contributed by atoms with van der Waals surface area (Å²) in [5.74, 6) is -0.305. The van der Waals surface area contributed by atoms with E-state index in [4.69, 9.17) is 5.73 Å². The van der Waals surface area contributed by atoms with Crippen molar-refractivity contribution >= 4 is 21.6 Å². The van der Waals surface area contributed by atoms with E-state index in [9.17, 15) is 13.2 Å². The van der Waals surface area contributed by atoms with Crippen LogP contribution >= 0.6 is 0 Å². The predicted octanol–water partition coefficient (Wildman–Crippen LogP) is 1.36. The molecule has 1 rings (SSSR count). The van der Waals surface area contributed by atoms with Gasteiger partial charge in [0, 0.05) is 5.69 Å². The van der Waals surface area contributed by atoms with Crippen LogP contribution in [-0.4, -0.2) is 27.4 Å². The highest BCUT2D eigenvalue weighted by atomic mass is 32.2. The number of sulfonamides is 1. The van der Waals surface area contributed by atoms with Crippen LogP contribution in [0.1, 0.15) is 31.7 Å². The lowest BCUT2D eigenvalue weighted by Gasteiger charge is -2.13. The predicted molar refractivity (Wildman–Crippen MR) is 83.6 cm³/mol. The summed E-state index contributed by atoms with van der Waals surface area (Å²) >= 11 is 0. The van der Waals surface area contributed by atoms with E-state index in [1.165, 1.54) is 13.1 Å². The summed E-state index contributed by atoms with van der Waals surface area (Å²) in [5, 5.41) is 2.66. The van der Waals surface area contributed by atoms with Crippen molar-refractivity contribution in [3.63, 3.8) is 0 Å². The molecule has 0 aliphatic heterocycles. The lowest BCUT2D eigenvalue weighted by atomic mass is 10.1. The Kier molecular flexibility index (Phi) is 6.32. The maximum absolute atomic E-state index is 11.9. The number of unbranched alkanes of at least 4 members (excludes halogenated alkanes) is 1. The lowest BCUT2D eigenvalue weighted by Crippen LogP contribution is -2.35. The number of hydrogen-bond acceptors (Lipinski definition) is 4. The summed E-state index contributed by atoms with van der Waals surface area (Å²) in [7, 11) is -2.21. The molecule has 118 valence electrons.